The molecule has 0 saturated heterocycles. The van der Waals surface area contributed by atoms with E-state index in [9.17, 15) is 43.5 Å². The van der Waals surface area contributed by atoms with E-state index in [4.69, 9.17) is 32.3 Å². The van der Waals surface area contributed by atoms with Crippen molar-refractivity contribution in [2.45, 2.75) is 373 Å². The molecule has 0 aromatic carbocycles. The first-order chi connectivity index (χ1) is 53.2. The molecule has 0 fully saturated rings. The van der Waals surface area contributed by atoms with Gasteiger partial charge in [0, 0.05) is 19.3 Å². The molecule has 0 aliphatic rings. The summed E-state index contributed by atoms with van der Waals surface area (Å²) < 4.78 is 61.3. The number of allylic oxidation sites excluding steroid dienone is 24. The zero-order chi connectivity index (χ0) is 79.4. The van der Waals surface area contributed by atoms with Gasteiger partial charge in [-0.1, -0.05) is 340 Å². The van der Waals surface area contributed by atoms with E-state index in [1.165, 1.54) is 128 Å². The Hall–Kier alpha value is -4.57. The fraction of sp³-hybridized carbons (Fsp3) is 0.703. The van der Waals surface area contributed by atoms with E-state index in [0.717, 1.165) is 167 Å². The molecule has 0 aromatic rings. The molecule has 109 heavy (non-hydrogen) atoms. The predicted molar refractivity (Wildman–Crippen MR) is 454 cm³/mol. The molecule has 0 aliphatic heterocycles. The van der Waals surface area contributed by atoms with Crippen molar-refractivity contribution in [3.8, 4) is 0 Å². The van der Waals surface area contributed by atoms with Crippen molar-refractivity contribution in [3.05, 3.63) is 146 Å². The lowest BCUT2D eigenvalue weighted by Crippen LogP contribution is -2.30. The van der Waals surface area contributed by atoms with Gasteiger partial charge in [0.1, 0.15) is 25.4 Å². The number of phosphoric ester groups is 2. The van der Waals surface area contributed by atoms with Crippen LogP contribution in [-0.4, -0.2) is 95.9 Å². The lowest BCUT2D eigenvalue weighted by atomic mass is 10.0. The highest BCUT2D eigenvalue weighted by Gasteiger charge is 2.29. The Labute approximate surface area is 664 Å². The van der Waals surface area contributed by atoms with Gasteiger partial charge in [0.25, 0.3) is 0 Å². The highest BCUT2D eigenvalue weighted by molar-refractivity contribution is 7.47. The van der Waals surface area contributed by atoms with Crippen molar-refractivity contribution in [1.82, 2.24) is 0 Å². The monoisotopic (exact) mass is 1570 g/mol. The molecule has 0 bridgehead atoms. The van der Waals surface area contributed by atoms with Crippen molar-refractivity contribution in [1.29, 1.82) is 0 Å². The Morgan fingerprint density at radius 2 is 0.486 bits per heavy atom. The Morgan fingerprint density at radius 3 is 0.771 bits per heavy atom. The molecule has 5 unspecified atom stereocenters. The quantitative estimate of drug-likeness (QED) is 0.0146. The first-order valence-electron chi connectivity index (χ1n) is 43.1. The molecule has 0 amide bonds. The summed E-state index contributed by atoms with van der Waals surface area (Å²) in [5.74, 6) is -1.59. The standard InChI is InChI=1S/C91H156O16P2/c1-4-7-10-13-16-19-22-25-28-31-33-35-37-39-40-41-42-43-44-46-48-49-51-54-56-59-62-65-68-71-74-77-89(94)101-80-86(92)81-103-108(97,98)104-82-87(93)83-105-109(99,100)106-85-88(107-91(96)79-76-73-70-67-64-61-58-53-30-27-24-21-18-15-12-9-6-3)84-102-90(95)78-75-72-69-66-63-60-57-55-52-50-47-45-38-36-34-32-29-26-23-20-17-14-11-8-5-2/h8-9,11-12,16-21,25-30,33-36,39-40,45,47,86-88,92-93H,4-7,10,13-15,22-24,31-32,37-38,41-44,46,48-85H2,1-3H3,(H,97,98)(H,99,100)/b11-8-,12-9-,19-16-,20-17-,21-18-,28-25-,29-26-,30-27-,35-33-,36-34-,40-39-,47-45-. The third-order valence-corrected chi connectivity index (χ3v) is 19.9. The molecule has 0 radical (unpaired) electrons. The maximum atomic E-state index is 13.0. The zero-order valence-corrected chi connectivity index (χ0v) is 70.5. The first-order valence-corrected chi connectivity index (χ1v) is 46.1. The number of carbonyl (C=O) groups excluding carboxylic acids is 3. The van der Waals surface area contributed by atoms with Crippen LogP contribution < -0.4 is 0 Å². The van der Waals surface area contributed by atoms with Crippen LogP contribution >= 0.6 is 15.6 Å². The van der Waals surface area contributed by atoms with E-state index in [1.54, 1.807) is 0 Å². The average Bonchev–Trinajstić information content (AvgIpc) is 0.906. The second kappa shape index (κ2) is 82.9. The fourth-order valence-corrected chi connectivity index (χ4v) is 13.1. The highest BCUT2D eigenvalue weighted by Crippen LogP contribution is 2.45. The van der Waals surface area contributed by atoms with E-state index in [-0.39, 0.29) is 19.3 Å². The average molecular weight is 1570 g/mol. The third-order valence-electron chi connectivity index (χ3n) is 18.0. The topological polar surface area (TPSA) is 231 Å². The number of aliphatic hydroxyl groups is 2. The summed E-state index contributed by atoms with van der Waals surface area (Å²) >= 11 is 0. The van der Waals surface area contributed by atoms with Gasteiger partial charge in [-0.25, -0.2) is 9.13 Å². The highest BCUT2D eigenvalue weighted by atomic mass is 31.2. The zero-order valence-electron chi connectivity index (χ0n) is 68.7. The molecular formula is C91H156O16P2. The van der Waals surface area contributed by atoms with Gasteiger partial charge in [0.2, 0.25) is 0 Å². The molecule has 0 saturated carbocycles. The van der Waals surface area contributed by atoms with Gasteiger partial charge in [-0.3, -0.25) is 32.5 Å². The van der Waals surface area contributed by atoms with Gasteiger partial charge in [-0.2, -0.15) is 0 Å². The van der Waals surface area contributed by atoms with Crippen LogP contribution in [0.4, 0.5) is 0 Å². The maximum absolute atomic E-state index is 13.0. The summed E-state index contributed by atoms with van der Waals surface area (Å²) in [5.41, 5.74) is 0. The largest absolute Gasteiger partial charge is 0.472 e. The summed E-state index contributed by atoms with van der Waals surface area (Å²) in [4.78, 5) is 58.8. The normalized spacial score (nSPS) is 14.6. The molecular weight excluding hydrogens is 1410 g/mol. The molecule has 0 rings (SSSR count). The molecule has 626 valence electrons. The summed E-state index contributed by atoms with van der Waals surface area (Å²) in [6, 6.07) is 0. The van der Waals surface area contributed by atoms with Crippen LogP contribution in [0.3, 0.4) is 0 Å². The van der Waals surface area contributed by atoms with E-state index in [0.29, 0.717) is 19.3 Å². The minimum Gasteiger partial charge on any atom is -0.463 e. The smallest absolute Gasteiger partial charge is 0.463 e. The van der Waals surface area contributed by atoms with Gasteiger partial charge in [-0.15, -0.1) is 0 Å². The Morgan fingerprint density at radius 1 is 0.266 bits per heavy atom. The van der Waals surface area contributed by atoms with Gasteiger partial charge in [0.05, 0.1) is 26.4 Å². The maximum Gasteiger partial charge on any atom is 0.472 e. The van der Waals surface area contributed by atoms with Gasteiger partial charge in [0.15, 0.2) is 6.10 Å². The van der Waals surface area contributed by atoms with Crippen molar-refractivity contribution in [2.75, 3.05) is 39.6 Å². The molecule has 0 aliphatic carbocycles. The summed E-state index contributed by atoms with van der Waals surface area (Å²) in [7, 11) is -9.81. The molecule has 18 heteroatoms. The van der Waals surface area contributed by atoms with Crippen LogP contribution in [0, 0.1) is 0 Å². The molecule has 4 N–H and O–H groups in total. The van der Waals surface area contributed by atoms with E-state index in [2.05, 4.69) is 167 Å². The van der Waals surface area contributed by atoms with E-state index < -0.39 is 91.5 Å². The van der Waals surface area contributed by atoms with Gasteiger partial charge >= 0.3 is 33.6 Å². The molecule has 0 heterocycles. The van der Waals surface area contributed by atoms with Crippen molar-refractivity contribution in [3.63, 3.8) is 0 Å². The van der Waals surface area contributed by atoms with E-state index in [1.807, 2.05) is 0 Å². The number of rotatable bonds is 81. The Kier molecular flexibility index (Phi) is 79.4. The molecule has 0 spiro atoms. The van der Waals surface area contributed by atoms with Gasteiger partial charge in [-0.05, 0) is 141 Å². The number of esters is 3. The van der Waals surface area contributed by atoms with Crippen LogP contribution in [-0.2, 0) is 55.8 Å². The summed E-state index contributed by atoms with van der Waals surface area (Å²) in [5, 5.41) is 20.7. The fourth-order valence-electron chi connectivity index (χ4n) is 11.5. The summed E-state index contributed by atoms with van der Waals surface area (Å²) in [6.07, 6.45) is 103. The van der Waals surface area contributed by atoms with Crippen LogP contribution in [0.25, 0.3) is 0 Å². The second-order valence-electron chi connectivity index (χ2n) is 28.6. The van der Waals surface area contributed by atoms with Crippen LogP contribution in [0.5, 0.6) is 0 Å². The Bertz CT molecular complexity index is 2560. The van der Waals surface area contributed by atoms with Crippen molar-refractivity contribution >= 4 is 33.6 Å². The third kappa shape index (κ3) is 84.2. The lowest BCUT2D eigenvalue weighted by Gasteiger charge is -2.21. The first kappa shape index (κ1) is 104. The number of hydrogen-bond acceptors (Lipinski definition) is 14. The predicted octanol–water partition coefficient (Wildman–Crippen LogP) is 26.0. The Balaban J connectivity index is 4.54. The van der Waals surface area contributed by atoms with E-state index >= 15 is 0 Å². The molecule has 16 nitrogen and oxygen atoms in total. The van der Waals surface area contributed by atoms with Crippen LogP contribution in [0.2, 0.25) is 0 Å². The number of unbranched alkanes of at least 4 members (excludes halogenated alkanes) is 34. The van der Waals surface area contributed by atoms with Crippen molar-refractivity contribution < 1.29 is 75.8 Å². The number of hydrogen-bond donors (Lipinski definition) is 4. The minimum absolute atomic E-state index is 0.0888. The number of carbonyl (C=O) groups is 3. The number of phosphoric acid groups is 2. The van der Waals surface area contributed by atoms with Gasteiger partial charge < -0.3 is 34.2 Å². The molecule has 0 aromatic heterocycles. The SMILES string of the molecule is CC/C=C\C/C=C\C/C=C\C/C=C\C/C=C\CCCCCCCCCCCC(=O)OCC(COP(=O)(O)OCC(O)COP(=O)(O)OCC(O)COC(=O)CCCCCCCCCCCCCCCCC/C=C\C/C=C\C/C=C\C/C=C\CCCCC)OC(=O)CCCCCCCCC/C=C\C/C=C\C/C=C\CC. The molecule has 5 atom stereocenters. The van der Waals surface area contributed by atoms with Crippen molar-refractivity contribution in [2.24, 2.45) is 0 Å². The number of aliphatic hydroxyl groups excluding tert-OH is 2. The van der Waals surface area contributed by atoms with Crippen LogP contribution in [0.1, 0.15) is 355 Å². The van der Waals surface area contributed by atoms with Crippen LogP contribution in [0.15, 0.2) is 146 Å². The lowest BCUT2D eigenvalue weighted by molar-refractivity contribution is -0.161. The number of ether oxygens (including phenoxy) is 3. The summed E-state index contributed by atoms with van der Waals surface area (Å²) in [6.45, 7) is 2.44. The second-order valence-corrected chi connectivity index (χ2v) is 31.5. The minimum atomic E-state index is -4.94.